The van der Waals surface area contributed by atoms with Crippen LogP contribution in [0.2, 0.25) is 0 Å². The first kappa shape index (κ1) is 14.3. The number of benzene rings is 2. The lowest BCUT2D eigenvalue weighted by molar-refractivity contribution is 0.102. The average Bonchev–Trinajstić information content (AvgIpc) is 3.21. The number of nitrogens with one attached hydrogen (secondary N) is 1. The minimum atomic E-state index is -0.272. The maximum atomic E-state index is 12.5. The van der Waals surface area contributed by atoms with Crippen LogP contribution in [0.5, 0.6) is 11.5 Å². The second-order valence-corrected chi connectivity index (χ2v) is 5.43. The Labute approximate surface area is 138 Å². The number of aryl methyl sites for hydroxylation is 1. The van der Waals surface area contributed by atoms with Crippen LogP contribution >= 0.6 is 0 Å². The van der Waals surface area contributed by atoms with Crippen LogP contribution in [0.15, 0.2) is 54.6 Å². The number of anilines is 1. The molecule has 6 nitrogen and oxygen atoms in total. The fraction of sp³-hybridized carbons (Fsp3) is 0.111. The number of hydrogen-bond acceptors (Lipinski definition) is 4. The van der Waals surface area contributed by atoms with Gasteiger partial charge >= 0.3 is 0 Å². The van der Waals surface area contributed by atoms with Crippen molar-refractivity contribution in [1.29, 1.82) is 0 Å². The third kappa shape index (κ3) is 2.58. The van der Waals surface area contributed by atoms with E-state index >= 15 is 0 Å². The summed E-state index contributed by atoms with van der Waals surface area (Å²) >= 11 is 0. The lowest BCUT2D eigenvalue weighted by atomic mass is 10.1. The Balaban J connectivity index is 1.57. The van der Waals surface area contributed by atoms with Crippen molar-refractivity contribution in [2.45, 2.75) is 0 Å². The number of fused-ring (bicyclic) bond motifs is 1. The highest BCUT2D eigenvalue weighted by Crippen LogP contribution is 2.34. The molecule has 4 rings (SSSR count). The average molecular weight is 321 g/mol. The van der Waals surface area contributed by atoms with E-state index in [1.54, 1.807) is 28.9 Å². The Morgan fingerprint density at radius 3 is 2.71 bits per heavy atom. The number of nitrogens with zero attached hydrogens (tertiary/aromatic N) is 2. The zero-order chi connectivity index (χ0) is 16.5. The van der Waals surface area contributed by atoms with Gasteiger partial charge in [-0.25, -0.2) is 0 Å². The van der Waals surface area contributed by atoms with Gasteiger partial charge in [0.15, 0.2) is 17.2 Å². The molecule has 6 heteroatoms. The van der Waals surface area contributed by atoms with Gasteiger partial charge in [0.2, 0.25) is 6.79 Å². The Kier molecular flexibility index (Phi) is 3.42. The highest BCUT2D eigenvalue weighted by Gasteiger charge is 2.17. The maximum absolute atomic E-state index is 12.5. The van der Waals surface area contributed by atoms with E-state index < -0.39 is 0 Å². The molecule has 1 aliphatic rings. The van der Waals surface area contributed by atoms with Crippen LogP contribution in [0, 0.1) is 0 Å². The fourth-order valence-electron chi connectivity index (χ4n) is 2.63. The van der Waals surface area contributed by atoms with E-state index in [0.717, 1.165) is 11.3 Å². The normalized spacial score (nSPS) is 12.2. The van der Waals surface area contributed by atoms with E-state index in [-0.39, 0.29) is 12.7 Å². The Morgan fingerprint density at radius 2 is 1.88 bits per heavy atom. The van der Waals surface area contributed by atoms with Gasteiger partial charge in [0, 0.05) is 18.8 Å². The lowest BCUT2D eigenvalue weighted by Gasteiger charge is -2.04. The number of hydrogen-bond donors (Lipinski definition) is 1. The molecule has 0 saturated heterocycles. The number of ether oxygens (including phenoxy) is 2. The van der Waals surface area contributed by atoms with Crippen LogP contribution in [-0.4, -0.2) is 22.5 Å². The summed E-state index contributed by atoms with van der Waals surface area (Å²) in [6.07, 6.45) is 0. The Hall–Kier alpha value is -3.28. The molecule has 0 atom stereocenters. The molecule has 1 aliphatic heterocycles. The molecule has 2 heterocycles. The zero-order valence-corrected chi connectivity index (χ0v) is 13.0. The standard InChI is InChI=1S/C18H15N3O3/c1-21-15(12-5-3-2-4-6-12)10-14(20-21)18(22)19-13-7-8-16-17(9-13)24-11-23-16/h2-10H,11H2,1H3,(H,19,22). The summed E-state index contributed by atoms with van der Waals surface area (Å²) in [4.78, 5) is 12.5. The minimum Gasteiger partial charge on any atom is -0.454 e. The van der Waals surface area contributed by atoms with Crippen molar-refractivity contribution in [3.8, 4) is 22.8 Å². The second-order valence-electron chi connectivity index (χ2n) is 5.43. The monoisotopic (exact) mass is 321 g/mol. The van der Waals surface area contributed by atoms with Gasteiger partial charge in [-0.3, -0.25) is 9.48 Å². The van der Waals surface area contributed by atoms with Gasteiger partial charge in [-0.05, 0) is 23.8 Å². The van der Waals surface area contributed by atoms with Gasteiger partial charge in [-0.15, -0.1) is 0 Å². The quantitative estimate of drug-likeness (QED) is 0.805. The number of rotatable bonds is 3. The molecule has 2 aromatic carbocycles. The van der Waals surface area contributed by atoms with Gasteiger partial charge in [0.25, 0.3) is 5.91 Å². The van der Waals surface area contributed by atoms with Gasteiger partial charge in [0.1, 0.15) is 0 Å². The summed E-state index contributed by atoms with van der Waals surface area (Å²) in [6, 6.07) is 16.9. The molecule has 24 heavy (non-hydrogen) atoms. The highest BCUT2D eigenvalue weighted by molar-refractivity contribution is 6.03. The van der Waals surface area contributed by atoms with E-state index in [1.165, 1.54) is 0 Å². The van der Waals surface area contributed by atoms with Gasteiger partial charge in [-0.2, -0.15) is 5.10 Å². The SMILES string of the molecule is Cn1nc(C(=O)Nc2ccc3c(c2)OCO3)cc1-c1ccccc1. The molecule has 0 fully saturated rings. The smallest absolute Gasteiger partial charge is 0.276 e. The van der Waals surface area contributed by atoms with Crippen LogP contribution in [0.4, 0.5) is 5.69 Å². The summed E-state index contributed by atoms with van der Waals surface area (Å²) < 4.78 is 12.3. The second kappa shape index (κ2) is 5.73. The zero-order valence-electron chi connectivity index (χ0n) is 13.0. The van der Waals surface area contributed by atoms with Crippen LogP contribution in [0.1, 0.15) is 10.5 Å². The van der Waals surface area contributed by atoms with Gasteiger partial charge in [0.05, 0.1) is 5.69 Å². The Bertz CT molecular complexity index is 903. The molecule has 0 unspecified atom stereocenters. The number of amides is 1. The maximum Gasteiger partial charge on any atom is 0.276 e. The molecular formula is C18H15N3O3. The summed E-state index contributed by atoms with van der Waals surface area (Å²) in [5.74, 6) is 1.03. The molecule has 1 amide bonds. The molecule has 0 radical (unpaired) electrons. The predicted octanol–water partition coefficient (Wildman–Crippen LogP) is 3.07. The van der Waals surface area contributed by atoms with E-state index in [2.05, 4.69) is 10.4 Å². The largest absolute Gasteiger partial charge is 0.454 e. The van der Waals surface area contributed by atoms with Crippen LogP contribution in [0.25, 0.3) is 11.3 Å². The van der Waals surface area contributed by atoms with Crippen molar-refractivity contribution in [1.82, 2.24) is 9.78 Å². The molecule has 0 saturated carbocycles. The van der Waals surface area contributed by atoms with Crippen LogP contribution in [-0.2, 0) is 7.05 Å². The third-order valence-corrected chi connectivity index (χ3v) is 3.81. The first-order valence-electron chi connectivity index (χ1n) is 7.51. The van der Waals surface area contributed by atoms with Crippen molar-refractivity contribution in [2.75, 3.05) is 12.1 Å². The highest BCUT2D eigenvalue weighted by atomic mass is 16.7. The molecule has 3 aromatic rings. The molecule has 0 aliphatic carbocycles. The van der Waals surface area contributed by atoms with Gasteiger partial charge < -0.3 is 14.8 Å². The molecule has 0 spiro atoms. The van der Waals surface area contributed by atoms with E-state index in [0.29, 0.717) is 22.9 Å². The van der Waals surface area contributed by atoms with Crippen LogP contribution < -0.4 is 14.8 Å². The first-order valence-corrected chi connectivity index (χ1v) is 7.51. The third-order valence-electron chi connectivity index (χ3n) is 3.81. The van der Waals surface area contributed by atoms with Crippen molar-refractivity contribution in [2.24, 2.45) is 7.05 Å². The minimum absolute atomic E-state index is 0.202. The van der Waals surface area contributed by atoms with Crippen molar-refractivity contribution < 1.29 is 14.3 Å². The van der Waals surface area contributed by atoms with E-state index in [9.17, 15) is 4.79 Å². The Morgan fingerprint density at radius 1 is 1.08 bits per heavy atom. The van der Waals surface area contributed by atoms with Crippen LogP contribution in [0.3, 0.4) is 0 Å². The predicted molar refractivity (Wildman–Crippen MR) is 89.2 cm³/mol. The molecule has 1 N–H and O–H groups in total. The molecule has 120 valence electrons. The lowest BCUT2D eigenvalue weighted by Crippen LogP contribution is -2.12. The fourth-order valence-corrected chi connectivity index (χ4v) is 2.63. The number of carbonyl (C=O) groups excluding carboxylic acids is 1. The molecule has 1 aromatic heterocycles. The number of carbonyl (C=O) groups is 1. The first-order chi connectivity index (χ1) is 11.7. The van der Waals surface area contributed by atoms with Crippen molar-refractivity contribution in [3.05, 3.63) is 60.3 Å². The van der Waals surface area contributed by atoms with E-state index in [4.69, 9.17) is 9.47 Å². The van der Waals surface area contributed by atoms with Crippen molar-refractivity contribution in [3.63, 3.8) is 0 Å². The van der Waals surface area contributed by atoms with Gasteiger partial charge in [-0.1, -0.05) is 30.3 Å². The van der Waals surface area contributed by atoms with Crippen molar-refractivity contribution >= 4 is 11.6 Å². The molecule has 0 bridgehead atoms. The number of aromatic nitrogens is 2. The van der Waals surface area contributed by atoms with E-state index in [1.807, 2.05) is 37.4 Å². The summed E-state index contributed by atoms with van der Waals surface area (Å²) in [5, 5.41) is 7.13. The summed E-state index contributed by atoms with van der Waals surface area (Å²) in [6.45, 7) is 0.202. The topological polar surface area (TPSA) is 65.4 Å². The summed E-state index contributed by atoms with van der Waals surface area (Å²) in [7, 11) is 1.82. The molecular weight excluding hydrogens is 306 g/mol. The summed E-state index contributed by atoms with van der Waals surface area (Å²) in [5.41, 5.74) is 2.88.